The maximum absolute atomic E-state index is 8.74. The number of nitrogens with zero attached hydrogens (tertiary/aromatic N) is 1. The molecule has 0 saturated carbocycles. The smallest absolute Gasteiger partial charge is 0.264 e. The van der Waals surface area contributed by atoms with Crippen LogP contribution in [0.5, 0.6) is 0 Å². The summed E-state index contributed by atoms with van der Waals surface area (Å²) < 4.78 is 31.6. The minimum atomic E-state index is -4.67. The minimum Gasteiger partial charge on any atom is -0.264 e. The summed E-state index contributed by atoms with van der Waals surface area (Å²) in [5.74, 6) is 0. The Morgan fingerprint density at radius 3 is 1.50 bits per heavy atom. The van der Waals surface area contributed by atoms with Crippen LogP contribution in [0.4, 0.5) is 0 Å². The second kappa shape index (κ2) is 4.86. The van der Waals surface area contributed by atoms with Crippen molar-refractivity contribution < 1.29 is 17.5 Å². The molecule has 0 aliphatic heterocycles. The van der Waals surface area contributed by atoms with Gasteiger partial charge in [0.15, 0.2) is 0 Å². The fraction of sp³-hybridized carbons (Fsp3) is 0. The Bertz CT molecular complexity index is 155. The highest BCUT2D eigenvalue weighted by atomic mass is 32.3. The van der Waals surface area contributed by atoms with E-state index in [2.05, 4.69) is 12.6 Å². The van der Waals surface area contributed by atoms with Gasteiger partial charge in [-0.2, -0.15) is 13.7 Å². The summed E-state index contributed by atoms with van der Waals surface area (Å²) in [6.45, 7) is 0. The molecular formula is CH3NO4S2. The molecule has 0 heterocycles. The predicted molar refractivity (Wildman–Crippen MR) is 28.8 cm³/mol. The zero-order valence-corrected chi connectivity index (χ0v) is 5.22. The topological polar surface area (TPSA) is 98.4 Å². The first-order valence-corrected chi connectivity index (χ1v) is 2.99. The van der Waals surface area contributed by atoms with E-state index >= 15 is 0 Å². The quantitative estimate of drug-likeness (QED) is 0.256. The fourth-order valence-electron chi connectivity index (χ4n) is 0. The number of rotatable bonds is 0. The van der Waals surface area contributed by atoms with Crippen LogP contribution in [-0.2, 0) is 10.4 Å². The molecule has 0 spiro atoms. The van der Waals surface area contributed by atoms with Crippen molar-refractivity contribution in [2.45, 2.75) is 0 Å². The third kappa shape index (κ3) is 1510. The molecule has 0 aromatic heterocycles. The average Bonchev–Trinajstić information content (AvgIpc) is 1.27. The van der Waals surface area contributed by atoms with Crippen LogP contribution in [0.25, 0.3) is 0 Å². The molecule has 0 unspecified atom stereocenters. The van der Waals surface area contributed by atoms with Crippen LogP contribution in [-0.4, -0.2) is 17.5 Å². The van der Waals surface area contributed by atoms with Gasteiger partial charge in [0.1, 0.15) is 5.40 Å². The molecule has 0 rings (SSSR count). The van der Waals surface area contributed by atoms with Gasteiger partial charge in [0.05, 0.1) is 0 Å². The van der Waals surface area contributed by atoms with E-state index in [1.807, 2.05) is 0 Å². The van der Waals surface area contributed by atoms with E-state index in [-0.39, 0.29) is 0 Å². The standard InChI is InChI=1S/CHNS.H2O4S/c2-1-3;1-5(2,3)4/h3H;(H2,1,2,3,4). The van der Waals surface area contributed by atoms with Gasteiger partial charge in [-0.3, -0.25) is 9.11 Å². The molecule has 2 N–H and O–H groups in total. The van der Waals surface area contributed by atoms with Gasteiger partial charge in [-0.1, -0.05) is 12.6 Å². The highest BCUT2D eigenvalue weighted by molar-refractivity contribution is 7.85. The molecule has 0 saturated heterocycles. The van der Waals surface area contributed by atoms with E-state index in [1.165, 1.54) is 5.40 Å². The minimum absolute atomic E-state index is 1.44. The van der Waals surface area contributed by atoms with Crippen LogP contribution in [0, 0.1) is 10.7 Å². The molecule has 0 amide bonds. The van der Waals surface area contributed by atoms with Crippen LogP contribution in [0.2, 0.25) is 0 Å². The lowest BCUT2D eigenvalue weighted by atomic mass is 11.8. The van der Waals surface area contributed by atoms with Gasteiger partial charge >= 0.3 is 10.4 Å². The summed E-state index contributed by atoms with van der Waals surface area (Å²) in [7, 11) is -4.67. The molecule has 0 bridgehead atoms. The van der Waals surface area contributed by atoms with Crippen LogP contribution in [0.3, 0.4) is 0 Å². The third-order valence-electron chi connectivity index (χ3n) is 0. The van der Waals surface area contributed by atoms with Gasteiger partial charge < -0.3 is 0 Å². The van der Waals surface area contributed by atoms with Crippen molar-refractivity contribution >= 4 is 23.0 Å². The number of thiol groups is 1. The van der Waals surface area contributed by atoms with Crippen molar-refractivity contribution in [1.82, 2.24) is 0 Å². The lowest BCUT2D eigenvalue weighted by Gasteiger charge is -1.68. The van der Waals surface area contributed by atoms with Gasteiger partial charge in [0, 0.05) is 0 Å². The average molecular weight is 157 g/mol. The normalized spacial score (nSPS) is 8.25. The number of hydrogen-bond donors (Lipinski definition) is 3. The Labute approximate surface area is 51.9 Å². The van der Waals surface area contributed by atoms with E-state index < -0.39 is 10.4 Å². The summed E-state index contributed by atoms with van der Waals surface area (Å²) in [5, 5.41) is 8.63. The largest absolute Gasteiger partial charge is 0.394 e. The second-order valence-electron chi connectivity index (χ2n) is 0.548. The second-order valence-corrected chi connectivity index (χ2v) is 1.64. The van der Waals surface area contributed by atoms with Gasteiger partial charge in [-0.25, -0.2) is 0 Å². The van der Waals surface area contributed by atoms with Crippen molar-refractivity contribution in [2.24, 2.45) is 0 Å². The van der Waals surface area contributed by atoms with E-state index in [0.29, 0.717) is 0 Å². The van der Waals surface area contributed by atoms with Crippen LogP contribution >= 0.6 is 12.6 Å². The number of thiocyanates is 1. The van der Waals surface area contributed by atoms with E-state index in [4.69, 9.17) is 22.8 Å². The molecule has 0 aromatic rings. The third-order valence-corrected chi connectivity index (χ3v) is 0. The van der Waals surface area contributed by atoms with Crippen molar-refractivity contribution in [2.75, 3.05) is 0 Å². The van der Waals surface area contributed by atoms with Crippen molar-refractivity contribution in [3.05, 3.63) is 0 Å². The predicted octanol–water partition coefficient (Wildman–Crippen LogP) is -0.256. The highest BCUT2D eigenvalue weighted by Gasteiger charge is 1.84. The Morgan fingerprint density at radius 1 is 1.50 bits per heavy atom. The molecule has 48 valence electrons. The lowest BCUT2D eigenvalue weighted by molar-refractivity contribution is 0.381. The van der Waals surface area contributed by atoms with E-state index in [0.717, 1.165) is 0 Å². The first-order chi connectivity index (χ1) is 3.41. The molecule has 0 aromatic carbocycles. The molecule has 8 heavy (non-hydrogen) atoms. The summed E-state index contributed by atoms with van der Waals surface area (Å²) >= 11 is 3.09. The number of nitriles is 1. The first-order valence-electron chi connectivity index (χ1n) is 1.15. The molecule has 0 atom stereocenters. The zero-order chi connectivity index (χ0) is 7.21. The maximum atomic E-state index is 8.74. The zero-order valence-electron chi connectivity index (χ0n) is 3.51. The highest BCUT2D eigenvalue weighted by Crippen LogP contribution is 1.59. The molecule has 0 aliphatic rings. The van der Waals surface area contributed by atoms with Gasteiger partial charge in [-0.15, -0.1) is 0 Å². The Kier molecular flexibility index (Phi) is 6.47. The van der Waals surface area contributed by atoms with Crippen molar-refractivity contribution in [3.8, 4) is 5.40 Å². The van der Waals surface area contributed by atoms with Crippen LogP contribution < -0.4 is 0 Å². The maximum Gasteiger partial charge on any atom is 0.394 e. The van der Waals surface area contributed by atoms with E-state index in [1.54, 1.807) is 0 Å². The lowest BCUT2D eigenvalue weighted by Crippen LogP contribution is -1.89. The monoisotopic (exact) mass is 157 g/mol. The van der Waals surface area contributed by atoms with Gasteiger partial charge in [0.25, 0.3) is 0 Å². The number of hydrogen-bond acceptors (Lipinski definition) is 4. The Hall–Kier alpha value is -0.290. The van der Waals surface area contributed by atoms with Gasteiger partial charge in [-0.05, 0) is 0 Å². The summed E-state index contributed by atoms with van der Waals surface area (Å²) in [5.41, 5.74) is 0. The summed E-state index contributed by atoms with van der Waals surface area (Å²) in [6.07, 6.45) is 0. The Balaban J connectivity index is 0. The molecule has 0 aliphatic carbocycles. The molecular weight excluding hydrogens is 154 g/mol. The molecule has 7 heteroatoms. The summed E-state index contributed by atoms with van der Waals surface area (Å²) in [4.78, 5) is 0. The van der Waals surface area contributed by atoms with Crippen LogP contribution in [0.15, 0.2) is 0 Å². The summed E-state index contributed by atoms with van der Waals surface area (Å²) in [6, 6.07) is 0. The van der Waals surface area contributed by atoms with Crippen LogP contribution in [0.1, 0.15) is 0 Å². The van der Waals surface area contributed by atoms with E-state index in [9.17, 15) is 0 Å². The molecule has 0 fully saturated rings. The Morgan fingerprint density at radius 2 is 1.50 bits per heavy atom. The van der Waals surface area contributed by atoms with Crippen molar-refractivity contribution in [3.63, 3.8) is 0 Å². The SMILES string of the molecule is N#CS.O=S(=O)(O)O. The first kappa shape index (κ1) is 10.6. The van der Waals surface area contributed by atoms with Crippen molar-refractivity contribution in [1.29, 1.82) is 5.26 Å². The molecule has 0 radical (unpaired) electrons. The van der Waals surface area contributed by atoms with Gasteiger partial charge in [0.2, 0.25) is 0 Å². The molecule has 5 nitrogen and oxygen atoms in total. The fourth-order valence-corrected chi connectivity index (χ4v) is 0.